The molecule has 0 aliphatic rings. The third-order valence-electron chi connectivity index (χ3n) is 4.30. The van der Waals surface area contributed by atoms with Crippen LogP contribution in [0.15, 0.2) is 29.3 Å². The summed E-state index contributed by atoms with van der Waals surface area (Å²) < 4.78 is 44.0. The second-order valence-corrected chi connectivity index (χ2v) is 8.24. The molecule has 0 atom stereocenters. The fraction of sp³-hybridized carbons (Fsp3) is 0.263. The van der Waals surface area contributed by atoms with Gasteiger partial charge in [0.05, 0.1) is 33.1 Å². The number of hydrogen-bond acceptors (Lipinski definition) is 11. The first kappa shape index (κ1) is 24.4. The standard InChI is InChI=1S/C19H21N7O7S/c1-10-7-6-8-12(20-10)26-16(15(11(2)24-26)17(27)33-5)34(29,30)25-19(28)23-18-21-13(31-3)9-14(22-18)32-4/h6-9H,1-5H3,(H2,21,22,23,25,28). The lowest BCUT2D eigenvalue weighted by molar-refractivity contribution is 0.0595. The molecule has 0 aliphatic heterocycles. The number of hydrogen-bond donors (Lipinski definition) is 2. The summed E-state index contributed by atoms with van der Waals surface area (Å²) in [5.41, 5.74) is 0.269. The van der Waals surface area contributed by atoms with Crippen LogP contribution < -0.4 is 19.5 Å². The summed E-state index contributed by atoms with van der Waals surface area (Å²) in [6.07, 6.45) is 0. The second kappa shape index (κ2) is 9.70. The van der Waals surface area contributed by atoms with Crippen LogP contribution in [0.1, 0.15) is 21.7 Å². The summed E-state index contributed by atoms with van der Waals surface area (Å²) in [4.78, 5) is 37.0. The van der Waals surface area contributed by atoms with E-state index in [1.165, 1.54) is 33.3 Å². The van der Waals surface area contributed by atoms with Crippen LogP contribution >= 0.6 is 0 Å². The Labute approximate surface area is 194 Å². The second-order valence-electron chi connectivity index (χ2n) is 6.64. The summed E-state index contributed by atoms with van der Waals surface area (Å²) in [7, 11) is -0.916. The average Bonchev–Trinajstić information content (AvgIpc) is 3.15. The van der Waals surface area contributed by atoms with Gasteiger partial charge in [0.15, 0.2) is 10.8 Å². The molecular weight excluding hydrogens is 470 g/mol. The normalized spacial score (nSPS) is 11.0. The van der Waals surface area contributed by atoms with Crippen molar-refractivity contribution in [2.45, 2.75) is 18.9 Å². The van der Waals surface area contributed by atoms with Gasteiger partial charge in [-0.2, -0.15) is 23.5 Å². The van der Waals surface area contributed by atoms with Gasteiger partial charge in [-0.1, -0.05) is 6.07 Å². The number of methoxy groups -OCH3 is 3. The van der Waals surface area contributed by atoms with E-state index < -0.39 is 27.0 Å². The minimum absolute atomic E-state index is 0.0526. The van der Waals surface area contributed by atoms with Gasteiger partial charge in [-0.15, -0.1) is 0 Å². The van der Waals surface area contributed by atoms with Gasteiger partial charge in [-0.25, -0.2) is 24.0 Å². The predicted molar refractivity (Wildman–Crippen MR) is 117 cm³/mol. The Bertz CT molecular complexity index is 1330. The molecule has 0 aromatic carbocycles. The minimum atomic E-state index is -4.69. The summed E-state index contributed by atoms with van der Waals surface area (Å²) in [6, 6.07) is 4.97. The maximum Gasteiger partial charge on any atom is 0.342 e. The Balaban J connectivity index is 2.03. The molecule has 3 aromatic rings. The molecule has 0 aliphatic carbocycles. The van der Waals surface area contributed by atoms with Crippen LogP contribution in [0.25, 0.3) is 5.82 Å². The van der Waals surface area contributed by atoms with Crippen molar-refractivity contribution in [2.24, 2.45) is 0 Å². The van der Waals surface area contributed by atoms with Crippen molar-refractivity contribution in [1.29, 1.82) is 0 Å². The Morgan fingerprint density at radius 2 is 1.65 bits per heavy atom. The van der Waals surface area contributed by atoms with E-state index in [0.29, 0.717) is 5.69 Å². The molecule has 2 N–H and O–H groups in total. The number of urea groups is 1. The van der Waals surface area contributed by atoms with E-state index in [9.17, 15) is 18.0 Å². The maximum atomic E-state index is 13.3. The van der Waals surface area contributed by atoms with E-state index in [2.05, 4.69) is 25.4 Å². The van der Waals surface area contributed by atoms with Crippen molar-refractivity contribution < 1.29 is 32.2 Å². The molecule has 0 spiro atoms. The number of rotatable bonds is 7. The lowest BCUT2D eigenvalue weighted by Gasteiger charge is -2.12. The molecule has 180 valence electrons. The number of nitrogens with zero attached hydrogens (tertiary/aromatic N) is 5. The Morgan fingerprint density at radius 3 is 2.21 bits per heavy atom. The number of pyridine rings is 1. The third kappa shape index (κ3) is 5.03. The molecule has 2 amide bonds. The topological polar surface area (TPSA) is 177 Å². The van der Waals surface area contributed by atoms with Gasteiger partial charge in [0.2, 0.25) is 17.7 Å². The van der Waals surface area contributed by atoms with Gasteiger partial charge in [0.1, 0.15) is 5.56 Å². The molecule has 0 saturated heterocycles. The number of esters is 1. The Hall–Kier alpha value is -4.27. The highest BCUT2D eigenvalue weighted by Crippen LogP contribution is 2.24. The van der Waals surface area contributed by atoms with Gasteiger partial charge < -0.3 is 14.2 Å². The van der Waals surface area contributed by atoms with Crippen molar-refractivity contribution in [3.63, 3.8) is 0 Å². The van der Waals surface area contributed by atoms with Gasteiger partial charge in [-0.3, -0.25) is 5.32 Å². The molecule has 0 fully saturated rings. The summed E-state index contributed by atoms with van der Waals surface area (Å²) in [6.45, 7) is 3.12. The van der Waals surface area contributed by atoms with Gasteiger partial charge in [0, 0.05) is 5.69 Å². The number of ether oxygens (including phenoxy) is 3. The third-order valence-corrected chi connectivity index (χ3v) is 5.64. The summed E-state index contributed by atoms with van der Waals surface area (Å²) in [5, 5.41) is 5.69. The number of carbonyl (C=O) groups is 2. The van der Waals surface area contributed by atoms with Crippen LogP contribution in [0, 0.1) is 13.8 Å². The number of nitrogens with one attached hydrogen (secondary N) is 2. The maximum absolute atomic E-state index is 13.3. The van der Waals surface area contributed by atoms with E-state index in [0.717, 1.165) is 11.8 Å². The molecule has 34 heavy (non-hydrogen) atoms. The van der Waals surface area contributed by atoms with Crippen LogP contribution in [0.3, 0.4) is 0 Å². The van der Waals surface area contributed by atoms with Crippen LogP contribution in [0.4, 0.5) is 10.7 Å². The molecule has 0 bridgehead atoms. The van der Waals surface area contributed by atoms with Crippen LogP contribution in [0.5, 0.6) is 11.8 Å². The molecule has 0 radical (unpaired) electrons. The molecular formula is C19H21N7O7S. The van der Waals surface area contributed by atoms with E-state index >= 15 is 0 Å². The zero-order chi connectivity index (χ0) is 25.0. The molecule has 3 aromatic heterocycles. The minimum Gasteiger partial charge on any atom is -0.481 e. The fourth-order valence-electron chi connectivity index (χ4n) is 2.86. The first-order valence-corrected chi connectivity index (χ1v) is 11.0. The monoisotopic (exact) mass is 491 g/mol. The number of carbonyl (C=O) groups excluding carboxylic acids is 2. The van der Waals surface area contributed by atoms with E-state index in [1.54, 1.807) is 19.1 Å². The number of amides is 2. The predicted octanol–water partition coefficient (Wildman–Crippen LogP) is 0.988. The van der Waals surface area contributed by atoms with E-state index in [1.807, 2.05) is 4.72 Å². The number of aromatic nitrogens is 5. The Kier molecular flexibility index (Phi) is 6.95. The highest BCUT2D eigenvalue weighted by Gasteiger charge is 2.34. The largest absolute Gasteiger partial charge is 0.481 e. The van der Waals surface area contributed by atoms with Gasteiger partial charge in [0.25, 0.3) is 10.0 Å². The van der Waals surface area contributed by atoms with Gasteiger partial charge >= 0.3 is 12.0 Å². The van der Waals surface area contributed by atoms with Crippen LogP contribution in [-0.2, 0) is 14.8 Å². The van der Waals surface area contributed by atoms with Crippen LogP contribution in [0.2, 0.25) is 0 Å². The molecule has 0 unspecified atom stereocenters. The SMILES string of the molecule is COC(=O)c1c(C)nn(-c2cccc(C)n2)c1S(=O)(=O)NC(=O)Nc1nc(OC)cc(OC)n1. The lowest BCUT2D eigenvalue weighted by Crippen LogP contribution is -2.36. The van der Waals surface area contributed by atoms with Crippen molar-refractivity contribution in [3.05, 3.63) is 41.2 Å². The quantitative estimate of drug-likeness (QED) is 0.450. The number of anilines is 1. The smallest absolute Gasteiger partial charge is 0.342 e. The first-order chi connectivity index (χ1) is 16.1. The van der Waals surface area contributed by atoms with Crippen molar-refractivity contribution in [1.82, 2.24) is 29.5 Å². The fourth-order valence-corrected chi connectivity index (χ4v) is 4.11. The summed E-state index contributed by atoms with van der Waals surface area (Å²) >= 11 is 0. The Morgan fingerprint density at radius 1 is 1.00 bits per heavy atom. The summed E-state index contributed by atoms with van der Waals surface area (Å²) in [5.74, 6) is -1.01. The molecule has 0 saturated carbocycles. The number of aryl methyl sites for hydroxylation is 2. The van der Waals surface area contributed by atoms with Gasteiger partial charge in [-0.05, 0) is 26.0 Å². The van der Waals surface area contributed by atoms with Crippen molar-refractivity contribution in [2.75, 3.05) is 26.6 Å². The molecule has 3 rings (SSSR count). The van der Waals surface area contributed by atoms with Crippen molar-refractivity contribution >= 4 is 28.0 Å². The highest BCUT2D eigenvalue weighted by atomic mass is 32.2. The molecule has 15 heteroatoms. The zero-order valence-corrected chi connectivity index (χ0v) is 19.6. The van der Waals surface area contributed by atoms with Crippen molar-refractivity contribution in [3.8, 4) is 17.6 Å². The van der Waals surface area contributed by atoms with E-state index in [-0.39, 0.29) is 34.8 Å². The van der Waals surface area contributed by atoms with Crippen LogP contribution in [-0.4, -0.2) is 66.5 Å². The molecule has 14 nitrogen and oxygen atoms in total. The zero-order valence-electron chi connectivity index (χ0n) is 18.8. The molecule has 3 heterocycles. The number of sulfonamides is 1. The highest BCUT2D eigenvalue weighted by molar-refractivity contribution is 7.90. The average molecular weight is 491 g/mol. The lowest BCUT2D eigenvalue weighted by atomic mass is 10.3. The van der Waals surface area contributed by atoms with E-state index in [4.69, 9.17) is 14.2 Å². The first-order valence-electron chi connectivity index (χ1n) is 9.52.